The van der Waals surface area contributed by atoms with Crippen LogP contribution in [0.25, 0.3) is 0 Å². The highest BCUT2D eigenvalue weighted by Crippen LogP contribution is 2.40. The molecule has 2 heterocycles. The predicted molar refractivity (Wildman–Crippen MR) is 80.0 cm³/mol. The highest BCUT2D eigenvalue weighted by Gasteiger charge is 2.29. The van der Waals surface area contributed by atoms with Crippen LogP contribution in [0.1, 0.15) is 30.1 Å². The summed E-state index contributed by atoms with van der Waals surface area (Å²) in [5, 5.41) is 11.9. The van der Waals surface area contributed by atoms with Gasteiger partial charge in [-0.15, -0.1) is 0 Å². The number of hydrogen-bond donors (Lipinski definition) is 1. The van der Waals surface area contributed by atoms with Gasteiger partial charge in [-0.05, 0) is 42.8 Å². The smallest absolute Gasteiger partial charge is 0.231 e. The lowest BCUT2D eigenvalue weighted by molar-refractivity contribution is 0.174. The first-order chi connectivity index (χ1) is 10.2. The van der Waals surface area contributed by atoms with Crippen LogP contribution in [0, 0.1) is 4.77 Å². The summed E-state index contributed by atoms with van der Waals surface area (Å²) in [6.07, 6.45) is 3.95. The van der Waals surface area contributed by atoms with Crippen molar-refractivity contribution in [2.45, 2.75) is 18.8 Å². The fourth-order valence-electron chi connectivity index (χ4n) is 2.21. The fraction of sp³-hybridized carbons (Fsp3) is 0.308. The van der Waals surface area contributed by atoms with Crippen LogP contribution in [-0.4, -0.2) is 27.9 Å². The molecule has 1 saturated carbocycles. The average Bonchev–Trinajstić information content (AvgIpc) is 3.07. The molecule has 1 N–H and O–H groups in total. The maximum Gasteiger partial charge on any atom is 0.231 e. The quantitative estimate of drug-likeness (QED) is 0.696. The van der Waals surface area contributed by atoms with E-state index in [-0.39, 0.29) is 6.79 Å². The molecular formula is C13H11ClN4O2S. The number of H-pyrrole nitrogens is 1. The predicted octanol–water partition coefficient (Wildman–Crippen LogP) is 3.08. The second-order valence-corrected chi connectivity index (χ2v) is 5.75. The molecule has 1 aromatic heterocycles. The van der Waals surface area contributed by atoms with Crippen LogP contribution in [0.2, 0.25) is 5.02 Å². The van der Waals surface area contributed by atoms with Crippen molar-refractivity contribution in [2.24, 2.45) is 5.10 Å². The van der Waals surface area contributed by atoms with Gasteiger partial charge in [0, 0.05) is 5.92 Å². The number of ether oxygens (including phenoxy) is 2. The molecular weight excluding hydrogens is 312 g/mol. The zero-order chi connectivity index (χ0) is 14.4. The Morgan fingerprint density at radius 3 is 3.10 bits per heavy atom. The number of nitrogens with one attached hydrogen (secondary N) is 1. The van der Waals surface area contributed by atoms with Crippen molar-refractivity contribution in [1.82, 2.24) is 14.9 Å². The van der Waals surface area contributed by atoms with Crippen LogP contribution in [0.15, 0.2) is 17.2 Å². The van der Waals surface area contributed by atoms with E-state index in [2.05, 4.69) is 15.3 Å². The van der Waals surface area contributed by atoms with Crippen molar-refractivity contribution in [3.8, 4) is 11.5 Å². The van der Waals surface area contributed by atoms with Crippen molar-refractivity contribution in [1.29, 1.82) is 0 Å². The van der Waals surface area contributed by atoms with E-state index in [0.29, 0.717) is 27.2 Å². The normalized spacial score (nSPS) is 16.8. The minimum atomic E-state index is 0.189. The van der Waals surface area contributed by atoms with Gasteiger partial charge >= 0.3 is 0 Å². The molecule has 4 rings (SSSR count). The van der Waals surface area contributed by atoms with Gasteiger partial charge in [-0.1, -0.05) is 11.6 Å². The summed E-state index contributed by atoms with van der Waals surface area (Å²) in [4.78, 5) is 0. The number of rotatable bonds is 3. The molecule has 6 nitrogen and oxygen atoms in total. The zero-order valence-corrected chi connectivity index (χ0v) is 12.4. The number of halogens is 1. The SMILES string of the molecule is S=c1[nH]nc(C2CC2)n1/N=C\c1cc(Cl)c2c(c1)OCO2. The number of aromatic amines is 1. The highest BCUT2D eigenvalue weighted by molar-refractivity contribution is 7.71. The summed E-state index contributed by atoms with van der Waals surface area (Å²) in [5.74, 6) is 2.54. The largest absolute Gasteiger partial charge is 0.454 e. The Morgan fingerprint density at radius 1 is 1.43 bits per heavy atom. The summed E-state index contributed by atoms with van der Waals surface area (Å²) in [5.41, 5.74) is 0.814. The topological polar surface area (TPSA) is 64.4 Å². The van der Waals surface area contributed by atoms with Gasteiger partial charge in [-0.25, -0.2) is 0 Å². The summed E-state index contributed by atoms with van der Waals surface area (Å²) >= 11 is 11.3. The van der Waals surface area contributed by atoms with Crippen LogP contribution in [0.4, 0.5) is 0 Å². The number of nitrogens with zero attached hydrogens (tertiary/aromatic N) is 3. The molecule has 1 aliphatic carbocycles. The van der Waals surface area contributed by atoms with E-state index in [1.54, 1.807) is 17.0 Å². The van der Waals surface area contributed by atoms with Crippen molar-refractivity contribution in [3.63, 3.8) is 0 Å². The lowest BCUT2D eigenvalue weighted by atomic mass is 10.2. The number of aromatic nitrogens is 3. The molecule has 2 aliphatic rings. The lowest BCUT2D eigenvalue weighted by Crippen LogP contribution is -1.97. The third-order valence-corrected chi connectivity index (χ3v) is 3.93. The molecule has 108 valence electrons. The lowest BCUT2D eigenvalue weighted by Gasteiger charge is -2.01. The van der Waals surface area contributed by atoms with Gasteiger partial charge in [0.15, 0.2) is 17.3 Å². The molecule has 0 saturated heterocycles. The van der Waals surface area contributed by atoms with Gasteiger partial charge in [0.25, 0.3) is 0 Å². The van der Waals surface area contributed by atoms with Crippen LogP contribution in [-0.2, 0) is 0 Å². The first-order valence-corrected chi connectivity index (χ1v) is 7.32. The zero-order valence-electron chi connectivity index (χ0n) is 10.9. The first-order valence-electron chi connectivity index (χ1n) is 6.53. The standard InChI is InChI=1S/C13H11ClN4O2S/c14-9-3-7(4-10-11(9)20-6-19-10)5-15-18-12(8-1-2-8)16-17-13(18)21/h3-5,8H,1-2,6H2,(H,17,21)/b15-5-. The van der Waals surface area contributed by atoms with Crippen molar-refractivity contribution < 1.29 is 9.47 Å². The average molecular weight is 323 g/mol. The first kappa shape index (κ1) is 12.8. The van der Waals surface area contributed by atoms with Gasteiger partial charge in [0.1, 0.15) is 0 Å². The van der Waals surface area contributed by atoms with Crippen LogP contribution in [0.5, 0.6) is 11.5 Å². The van der Waals surface area contributed by atoms with Crippen LogP contribution >= 0.6 is 23.8 Å². The molecule has 1 fully saturated rings. The minimum absolute atomic E-state index is 0.189. The molecule has 1 aromatic carbocycles. The third kappa shape index (κ3) is 2.32. The Hall–Kier alpha value is -1.86. The Bertz CT molecular complexity index is 794. The number of benzene rings is 1. The molecule has 0 unspecified atom stereocenters. The Morgan fingerprint density at radius 2 is 2.29 bits per heavy atom. The van der Waals surface area contributed by atoms with Crippen molar-refractivity contribution in [2.75, 3.05) is 6.79 Å². The number of hydrogen-bond acceptors (Lipinski definition) is 5. The molecule has 2 aromatic rings. The van der Waals surface area contributed by atoms with E-state index in [4.69, 9.17) is 33.3 Å². The van der Waals surface area contributed by atoms with E-state index in [0.717, 1.165) is 24.2 Å². The van der Waals surface area contributed by atoms with Crippen molar-refractivity contribution in [3.05, 3.63) is 33.3 Å². The summed E-state index contributed by atoms with van der Waals surface area (Å²) in [7, 11) is 0. The Kier molecular flexibility index (Phi) is 2.97. The van der Waals surface area contributed by atoms with Crippen molar-refractivity contribution >= 4 is 30.0 Å². The van der Waals surface area contributed by atoms with E-state index >= 15 is 0 Å². The molecule has 0 spiro atoms. The van der Waals surface area contributed by atoms with Gasteiger partial charge < -0.3 is 9.47 Å². The maximum atomic E-state index is 6.15. The molecule has 0 bridgehead atoms. The minimum Gasteiger partial charge on any atom is -0.454 e. The molecule has 1 aliphatic heterocycles. The highest BCUT2D eigenvalue weighted by atomic mass is 35.5. The summed E-state index contributed by atoms with van der Waals surface area (Å²) in [6.45, 7) is 0.189. The molecule has 0 radical (unpaired) electrons. The van der Waals surface area contributed by atoms with E-state index < -0.39 is 0 Å². The van der Waals surface area contributed by atoms with E-state index in [9.17, 15) is 0 Å². The number of fused-ring (bicyclic) bond motifs is 1. The van der Waals surface area contributed by atoms with Gasteiger partial charge in [-0.3, -0.25) is 5.10 Å². The van der Waals surface area contributed by atoms with Gasteiger partial charge in [0.2, 0.25) is 11.6 Å². The Balaban J connectivity index is 1.68. The third-order valence-electron chi connectivity index (χ3n) is 3.39. The molecule has 21 heavy (non-hydrogen) atoms. The molecule has 0 amide bonds. The molecule has 0 atom stereocenters. The fourth-order valence-corrected chi connectivity index (χ4v) is 2.67. The Labute approximate surface area is 130 Å². The maximum absolute atomic E-state index is 6.15. The second-order valence-electron chi connectivity index (χ2n) is 4.95. The van der Waals surface area contributed by atoms with Gasteiger partial charge in [0.05, 0.1) is 11.2 Å². The second kappa shape index (κ2) is 4.85. The van der Waals surface area contributed by atoms with Gasteiger partial charge in [-0.2, -0.15) is 14.9 Å². The van der Waals surface area contributed by atoms with E-state index in [1.165, 1.54) is 0 Å². The van der Waals surface area contributed by atoms with E-state index in [1.807, 2.05) is 6.07 Å². The summed E-state index contributed by atoms with van der Waals surface area (Å²) < 4.78 is 12.8. The molecule has 8 heteroatoms. The van der Waals surface area contributed by atoms with Crippen LogP contribution < -0.4 is 9.47 Å². The summed E-state index contributed by atoms with van der Waals surface area (Å²) in [6, 6.07) is 3.61. The monoisotopic (exact) mass is 322 g/mol. The van der Waals surface area contributed by atoms with Crippen LogP contribution in [0.3, 0.4) is 0 Å².